The lowest BCUT2D eigenvalue weighted by atomic mass is 10.0. The Kier molecular flexibility index (Phi) is 3.06. The summed E-state index contributed by atoms with van der Waals surface area (Å²) in [4.78, 5) is 0. The van der Waals surface area contributed by atoms with Crippen LogP contribution >= 0.6 is 0 Å². The Morgan fingerprint density at radius 3 is 2.19 bits per heavy atom. The molecule has 0 atom stereocenters. The van der Waals surface area contributed by atoms with Gasteiger partial charge in [0.2, 0.25) is 0 Å². The van der Waals surface area contributed by atoms with Gasteiger partial charge < -0.3 is 15.2 Å². The van der Waals surface area contributed by atoms with E-state index in [1.165, 1.54) is 0 Å². The lowest BCUT2D eigenvalue weighted by Gasteiger charge is -2.14. The van der Waals surface area contributed by atoms with Crippen molar-refractivity contribution in [3.05, 3.63) is 23.8 Å². The van der Waals surface area contributed by atoms with E-state index in [4.69, 9.17) is 15.2 Å². The summed E-state index contributed by atoms with van der Waals surface area (Å²) in [7, 11) is 3.38. The highest BCUT2D eigenvalue weighted by atomic mass is 16.5. The number of nitrogens with two attached hydrogens (primary N) is 1. The second-order valence-corrected chi connectivity index (χ2v) is 4.50. The molecule has 1 saturated carbocycles. The van der Waals surface area contributed by atoms with Crippen molar-refractivity contribution in [1.29, 1.82) is 0 Å². The van der Waals surface area contributed by atoms with Gasteiger partial charge in [0, 0.05) is 11.1 Å². The first-order valence-corrected chi connectivity index (χ1v) is 5.67. The molecule has 0 saturated heterocycles. The maximum Gasteiger partial charge on any atom is 0.125 e. The second-order valence-electron chi connectivity index (χ2n) is 4.50. The van der Waals surface area contributed by atoms with Gasteiger partial charge >= 0.3 is 0 Å². The fraction of sp³-hybridized carbons (Fsp3) is 0.538. The summed E-state index contributed by atoms with van der Waals surface area (Å²) in [5.41, 5.74) is 7.30. The van der Waals surface area contributed by atoms with Crippen LogP contribution < -0.4 is 15.2 Å². The first kappa shape index (κ1) is 11.3. The summed E-state index contributed by atoms with van der Waals surface area (Å²) in [5, 5.41) is 0. The third-order valence-corrected chi connectivity index (χ3v) is 3.30. The van der Waals surface area contributed by atoms with Gasteiger partial charge in [0.25, 0.3) is 0 Å². The molecule has 1 aliphatic carbocycles. The van der Waals surface area contributed by atoms with E-state index in [2.05, 4.69) is 0 Å². The normalized spacial score (nSPS) is 16.9. The molecule has 1 aliphatic rings. The van der Waals surface area contributed by atoms with E-state index < -0.39 is 0 Å². The summed E-state index contributed by atoms with van der Waals surface area (Å²) in [6, 6.07) is 5.87. The highest BCUT2D eigenvalue weighted by Crippen LogP contribution is 2.39. The van der Waals surface area contributed by atoms with Crippen LogP contribution in [0.25, 0.3) is 0 Å². The number of rotatable bonds is 5. The predicted molar refractivity (Wildman–Crippen MR) is 64.0 cm³/mol. The van der Waals surface area contributed by atoms with Crippen molar-refractivity contribution in [2.45, 2.75) is 31.2 Å². The second kappa shape index (κ2) is 4.34. The Bertz CT molecular complexity index is 350. The van der Waals surface area contributed by atoms with Crippen LogP contribution in [0.4, 0.5) is 0 Å². The Morgan fingerprint density at radius 2 is 1.75 bits per heavy atom. The third kappa shape index (κ3) is 2.30. The topological polar surface area (TPSA) is 44.5 Å². The molecule has 88 valence electrons. The summed E-state index contributed by atoms with van der Waals surface area (Å²) in [5.74, 6) is 1.78. The Balaban J connectivity index is 2.15. The van der Waals surface area contributed by atoms with Gasteiger partial charge in [0.15, 0.2) is 0 Å². The van der Waals surface area contributed by atoms with E-state index in [0.29, 0.717) is 0 Å². The average Bonchev–Trinajstić information content (AvgIpc) is 3.04. The first-order chi connectivity index (χ1) is 7.68. The Labute approximate surface area is 96.5 Å². The molecule has 1 fully saturated rings. The van der Waals surface area contributed by atoms with E-state index in [-0.39, 0.29) is 5.54 Å². The number of methoxy groups -OCH3 is 2. The first-order valence-electron chi connectivity index (χ1n) is 5.67. The third-order valence-electron chi connectivity index (χ3n) is 3.30. The smallest absolute Gasteiger partial charge is 0.125 e. The van der Waals surface area contributed by atoms with Crippen molar-refractivity contribution in [3.8, 4) is 11.5 Å². The molecule has 1 aromatic rings. The molecule has 0 amide bonds. The molecule has 0 radical (unpaired) electrons. The number of hydrogen-bond donors (Lipinski definition) is 1. The number of hydrogen-bond acceptors (Lipinski definition) is 3. The SMILES string of the molecule is COc1cccc(OC)c1CCC1(N)CC1. The highest BCUT2D eigenvalue weighted by molar-refractivity contribution is 5.45. The molecule has 0 bridgehead atoms. The van der Waals surface area contributed by atoms with Crippen LogP contribution in [0.1, 0.15) is 24.8 Å². The monoisotopic (exact) mass is 221 g/mol. The molecule has 3 nitrogen and oxygen atoms in total. The van der Waals surface area contributed by atoms with Crippen LogP contribution in [0.3, 0.4) is 0 Å². The fourth-order valence-electron chi connectivity index (χ4n) is 1.96. The molecule has 0 spiro atoms. The maximum atomic E-state index is 6.10. The maximum absolute atomic E-state index is 6.10. The van der Waals surface area contributed by atoms with Crippen LogP contribution in [0.5, 0.6) is 11.5 Å². The molecular weight excluding hydrogens is 202 g/mol. The van der Waals surface area contributed by atoms with Gasteiger partial charge in [-0.05, 0) is 37.8 Å². The number of benzene rings is 1. The minimum atomic E-state index is 0.0753. The van der Waals surface area contributed by atoms with Gasteiger partial charge in [-0.3, -0.25) is 0 Å². The van der Waals surface area contributed by atoms with Crippen molar-refractivity contribution in [1.82, 2.24) is 0 Å². The van der Waals surface area contributed by atoms with E-state index in [0.717, 1.165) is 42.7 Å². The summed E-state index contributed by atoms with van der Waals surface area (Å²) in [6.07, 6.45) is 4.21. The minimum Gasteiger partial charge on any atom is -0.496 e. The van der Waals surface area contributed by atoms with Crippen molar-refractivity contribution in [3.63, 3.8) is 0 Å². The van der Waals surface area contributed by atoms with E-state index in [9.17, 15) is 0 Å². The zero-order valence-corrected chi connectivity index (χ0v) is 9.95. The van der Waals surface area contributed by atoms with Gasteiger partial charge in [-0.1, -0.05) is 6.07 Å². The largest absolute Gasteiger partial charge is 0.496 e. The minimum absolute atomic E-state index is 0.0753. The summed E-state index contributed by atoms with van der Waals surface area (Å²) >= 11 is 0. The highest BCUT2D eigenvalue weighted by Gasteiger charge is 2.37. The molecule has 2 rings (SSSR count). The summed E-state index contributed by atoms with van der Waals surface area (Å²) in [6.45, 7) is 0. The molecule has 0 unspecified atom stereocenters. The molecule has 1 aromatic carbocycles. The van der Waals surface area contributed by atoms with E-state index >= 15 is 0 Å². The van der Waals surface area contributed by atoms with Crippen molar-refractivity contribution < 1.29 is 9.47 Å². The van der Waals surface area contributed by atoms with Gasteiger partial charge in [-0.2, -0.15) is 0 Å². The van der Waals surface area contributed by atoms with Crippen molar-refractivity contribution >= 4 is 0 Å². The quantitative estimate of drug-likeness (QED) is 0.828. The van der Waals surface area contributed by atoms with Crippen LogP contribution in [-0.4, -0.2) is 19.8 Å². The molecule has 0 aliphatic heterocycles. The van der Waals surface area contributed by atoms with Gasteiger partial charge in [0.05, 0.1) is 14.2 Å². The molecule has 0 aromatic heterocycles. The Morgan fingerprint density at radius 1 is 1.19 bits per heavy atom. The summed E-state index contributed by atoms with van der Waals surface area (Å²) < 4.78 is 10.7. The lowest BCUT2D eigenvalue weighted by Crippen LogP contribution is -2.22. The van der Waals surface area contributed by atoms with Crippen molar-refractivity contribution in [2.75, 3.05) is 14.2 Å². The molecular formula is C13H19NO2. The lowest BCUT2D eigenvalue weighted by molar-refractivity contribution is 0.383. The molecule has 2 N–H and O–H groups in total. The van der Waals surface area contributed by atoms with E-state index in [1.807, 2.05) is 18.2 Å². The predicted octanol–water partition coefficient (Wildman–Crippen LogP) is 2.13. The zero-order chi connectivity index (χ0) is 11.6. The van der Waals surface area contributed by atoms with Gasteiger partial charge in [0.1, 0.15) is 11.5 Å². The molecule has 0 heterocycles. The number of ether oxygens (including phenoxy) is 2. The van der Waals surface area contributed by atoms with Gasteiger partial charge in [-0.25, -0.2) is 0 Å². The van der Waals surface area contributed by atoms with Gasteiger partial charge in [-0.15, -0.1) is 0 Å². The average molecular weight is 221 g/mol. The van der Waals surface area contributed by atoms with Crippen molar-refractivity contribution in [2.24, 2.45) is 5.73 Å². The molecule has 3 heteroatoms. The molecule has 16 heavy (non-hydrogen) atoms. The van der Waals surface area contributed by atoms with Crippen LogP contribution in [0, 0.1) is 0 Å². The van der Waals surface area contributed by atoms with Crippen LogP contribution in [-0.2, 0) is 6.42 Å². The van der Waals surface area contributed by atoms with Crippen LogP contribution in [0.15, 0.2) is 18.2 Å². The van der Waals surface area contributed by atoms with Crippen LogP contribution in [0.2, 0.25) is 0 Å². The fourth-order valence-corrected chi connectivity index (χ4v) is 1.96. The van der Waals surface area contributed by atoms with E-state index in [1.54, 1.807) is 14.2 Å². The standard InChI is InChI=1S/C13H19NO2/c1-15-11-4-3-5-12(16-2)10(11)6-7-13(14)8-9-13/h3-5H,6-9,14H2,1-2H3. The zero-order valence-electron chi connectivity index (χ0n) is 9.95. The Hall–Kier alpha value is -1.22.